The standard InChI is InChI=1S/C15H24F6O5Si2/c1-27(2,3)26-28(4,5)10(13(14(16,17)18)15(19,20)21)8-9-25-12(24)7-6-11(22)23/h6-7,10,13H,8-9H2,1-5H3,(H,22,23)/b7-6+. The Balaban J connectivity index is 5.68. The SMILES string of the molecule is C[Si](C)(C)O[Si](C)(C)C(CCOC(=O)/C=C/C(=O)O)C(C(F)(F)F)C(F)(F)F. The molecule has 5 nitrogen and oxygen atoms in total. The van der Waals surface area contributed by atoms with E-state index in [4.69, 9.17) is 9.22 Å². The fraction of sp³-hybridized carbons (Fsp3) is 0.733. The quantitative estimate of drug-likeness (QED) is 0.236. The lowest BCUT2D eigenvalue weighted by atomic mass is 10.0. The van der Waals surface area contributed by atoms with Crippen molar-refractivity contribution in [1.82, 2.24) is 0 Å². The number of carboxylic acids is 1. The van der Waals surface area contributed by atoms with Crippen molar-refractivity contribution in [3.63, 3.8) is 0 Å². The van der Waals surface area contributed by atoms with E-state index in [-0.39, 0.29) is 0 Å². The van der Waals surface area contributed by atoms with Crippen molar-refractivity contribution in [2.24, 2.45) is 5.92 Å². The molecular formula is C15H24F6O5Si2. The van der Waals surface area contributed by atoms with Crippen LogP contribution in [0.3, 0.4) is 0 Å². The zero-order valence-corrected chi connectivity index (χ0v) is 18.1. The summed E-state index contributed by atoms with van der Waals surface area (Å²) in [6.07, 6.45) is -10.9. The van der Waals surface area contributed by atoms with Gasteiger partial charge in [-0.15, -0.1) is 0 Å². The number of hydrogen-bond acceptors (Lipinski definition) is 4. The Labute approximate surface area is 161 Å². The summed E-state index contributed by atoms with van der Waals surface area (Å²) in [6.45, 7) is 6.81. The third kappa shape index (κ3) is 9.73. The maximum atomic E-state index is 13.3. The number of halogens is 6. The lowest BCUT2D eigenvalue weighted by Gasteiger charge is -2.42. The van der Waals surface area contributed by atoms with Gasteiger partial charge in [-0.3, -0.25) is 0 Å². The van der Waals surface area contributed by atoms with Crippen molar-refractivity contribution < 1.29 is 49.9 Å². The highest BCUT2D eigenvalue weighted by Crippen LogP contribution is 2.51. The summed E-state index contributed by atoms with van der Waals surface area (Å²) in [7, 11) is -6.00. The van der Waals surface area contributed by atoms with E-state index in [1.807, 2.05) is 0 Å². The first kappa shape index (κ1) is 26.7. The Hall–Kier alpha value is -1.35. The Kier molecular flexibility index (Phi) is 8.98. The molecule has 164 valence electrons. The van der Waals surface area contributed by atoms with E-state index in [2.05, 4.69) is 4.74 Å². The van der Waals surface area contributed by atoms with Crippen LogP contribution in [0.2, 0.25) is 38.3 Å². The van der Waals surface area contributed by atoms with Crippen LogP contribution in [0.25, 0.3) is 0 Å². The highest BCUT2D eigenvalue weighted by Gasteiger charge is 2.63. The topological polar surface area (TPSA) is 72.8 Å². The molecule has 0 bridgehead atoms. The van der Waals surface area contributed by atoms with Crippen LogP contribution < -0.4 is 0 Å². The predicted octanol–water partition coefficient (Wildman–Crippen LogP) is 4.73. The summed E-state index contributed by atoms with van der Waals surface area (Å²) >= 11 is 0. The summed E-state index contributed by atoms with van der Waals surface area (Å²) in [5.41, 5.74) is -1.95. The second kappa shape index (κ2) is 9.43. The number of ether oxygens (including phenoxy) is 1. The number of aliphatic carboxylic acids is 1. The van der Waals surface area contributed by atoms with E-state index in [1.54, 1.807) is 19.6 Å². The van der Waals surface area contributed by atoms with Crippen LogP contribution in [0, 0.1) is 5.92 Å². The molecule has 0 aliphatic heterocycles. The maximum absolute atomic E-state index is 13.3. The van der Waals surface area contributed by atoms with Crippen molar-refractivity contribution in [3.05, 3.63) is 12.2 Å². The zero-order chi connectivity index (χ0) is 22.6. The first-order valence-electron chi connectivity index (χ1n) is 8.19. The fourth-order valence-electron chi connectivity index (χ4n) is 2.90. The van der Waals surface area contributed by atoms with Crippen molar-refractivity contribution in [2.75, 3.05) is 6.61 Å². The highest BCUT2D eigenvalue weighted by molar-refractivity contribution is 6.85. The van der Waals surface area contributed by atoms with Gasteiger partial charge >= 0.3 is 24.3 Å². The number of esters is 1. The second-order valence-corrected chi connectivity index (χ2v) is 16.6. The van der Waals surface area contributed by atoms with Gasteiger partial charge in [-0.1, -0.05) is 0 Å². The molecule has 0 aliphatic rings. The van der Waals surface area contributed by atoms with Crippen LogP contribution in [0.15, 0.2) is 12.2 Å². The average Bonchev–Trinajstić information content (AvgIpc) is 2.38. The van der Waals surface area contributed by atoms with E-state index in [0.717, 1.165) is 0 Å². The van der Waals surface area contributed by atoms with Gasteiger partial charge in [0.15, 0.2) is 22.6 Å². The minimum atomic E-state index is -5.55. The lowest BCUT2D eigenvalue weighted by molar-refractivity contribution is -0.286. The lowest BCUT2D eigenvalue weighted by Crippen LogP contribution is -2.53. The molecule has 0 spiro atoms. The summed E-state index contributed by atoms with van der Waals surface area (Å²) < 4.78 is 90.1. The number of carbonyl (C=O) groups excluding carboxylic acids is 1. The van der Waals surface area contributed by atoms with Crippen LogP contribution >= 0.6 is 0 Å². The van der Waals surface area contributed by atoms with Crippen LogP contribution in [-0.4, -0.2) is 52.6 Å². The van der Waals surface area contributed by atoms with Gasteiger partial charge in [0.1, 0.15) is 0 Å². The first-order chi connectivity index (χ1) is 12.3. The molecule has 0 rings (SSSR count). The maximum Gasteiger partial charge on any atom is 0.400 e. The number of hydrogen-bond donors (Lipinski definition) is 1. The van der Waals surface area contributed by atoms with Crippen molar-refractivity contribution >= 4 is 28.6 Å². The number of carbonyl (C=O) groups is 2. The minimum absolute atomic E-state index is 0.445. The molecule has 0 aromatic rings. The predicted molar refractivity (Wildman–Crippen MR) is 93.6 cm³/mol. The molecule has 13 heteroatoms. The van der Waals surface area contributed by atoms with Gasteiger partial charge in [-0.05, 0) is 39.2 Å². The fourth-order valence-corrected chi connectivity index (χ4v) is 11.8. The molecule has 1 unspecified atom stereocenters. The molecule has 0 aromatic heterocycles. The molecule has 0 heterocycles. The molecule has 0 amide bonds. The molecule has 0 radical (unpaired) electrons. The van der Waals surface area contributed by atoms with Crippen LogP contribution in [0.4, 0.5) is 26.3 Å². The molecule has 0 aromatic carbocycles. The summed E-state index contributed by atoms with van der Waals surface area (Å²) in [6, 6.07) is 0. The van der Waals surface area contributed by atoms with Gasteiger partial charge in [-0.25, -0.2) is 9.59 Å². The van der Waals surface area contributed by atoms with Crippen molar-refractivity contribution in [3.8, 4) is 0 Å². The molecule has 28 heavy (non-hydrogen) atoms. The third-order valence-electron chi connectivity index (χ3n) is 3.61. The largest absolute Gasteiger partial charge is 0.478 e. The Bertz CT molecular complexity index is 567. The molecule has 1 atom stereocenters. The van der Waals surface area contributed by atoms with Crippen LogP contribution in [0.1, 0.15) is 6.42 Å². The third-order valence-corrected chi connectivity index (χ3v) is 10.6. The normalized spacial score (nSPS) is 15.1. The number of rotatable bonds is 9. The summed E-state index contributed by atoms with van der Waals surface area (Å²) in [5.74, 6) is -6.25. The van der Waals surface area contributed by atoms with Gasteiger partial charge < -0.3 is 14.0 Å². The molecule has 1 N–H and O–H groups in total. The van der Waals surface area contributed by atoms with Gasteiger partial charge in [-0.2, -0.15) is 26.3 Å². The smallest absolute Gasteiger partial charge is 0.400 e. The van der Waals surface area contributed by atoms with Gasteiger partial charge in [0, 0.05) is 17.7 Å². The Morgan fingerprint density at radius 2 is 1.43 bits per heavy atom. The van der Waals surface area contributed by atoms with Crippen molar-refractivity contribution in [1.29, 1.82) is 0 Å². The highest BCUT2D eigenvalue weighted by atomic mass is 28.4. The van der Waals surface area contributed by atoms with E-state index in [0.29, 0.717) is 12.2 Å². The minimum Gasteiger partial charge on any atom is -0.478 e. The molecule has 0 saturated heterocycles. The van der Waals surface area contributed by atoms with Gasteiger partial charge in [0.2, 0.25) is 0 Å². The van der Waals surface area contributed by atoms with E-state index < -0.39 is 65.4 Å². The van der Waals surface area contributed by atoms with Crippen LogP contribution in [0.5, 0.6) is 0 Å². The van der Waals surface area contributed by atoms with Crippen LogP contribution in [-0.2, 0) is 18.4 Å². The number of alkyl halides is 6. The summed E-state index contributed by atoms with van der Waals surface area (Å²) in [5, 5.41) is 8.39. The summed E-state index contributed by atoms with van der Waals surface area (Å²) in [4.78, 5) is 21.6. The van der Waals surface area contributed by atoms with Crippen molar-refractivity contribution in [2.45, 2.75) is 57.0 Å². The average molecular weight is 455 g/mol. The monoisotopic (exact) mass is 454 g/mol. The zero-order valence-electron chi connectivity index (χ0n) is 16.1. The molecular weight excluding hydrogens is 430 g/mol. The first-order valence-corrected chi connectivity index (χ1v) is 14.6. The Morgan fingerprint density at radius 1 is 0.964 bits per heavy atom. The van der Waals surface area contributed by atoms with E-state index in [9.17, 15) is 35.9 Å². The van der Waals surface area contributed by atoms with Gasteiger partial charge in [0.05, 0.1) is 6.61 Å². The number of carboxylic acid groups (broad SMARTS) is 1. The Morgan fingerprint density at radius 3 is 1.79 bits per heavy atom. The van der Waals surface area contributed by atoms with E-state index in [1.165, 1.54) is 13.1 Å². The van der Waals surface area contributed by atoms with Gasteiger partial charge in [0.25, 0.3) is 0 Å². The second-order valence-electron chi connectivity index (χ2n) is 7.61. The molecule has 0 aliphatic carbocycles. The molecule has 0 fully saturated rings. The molecule has 0 saturated carbocycles. The van der Waals surface area contributed by atoms with E-state index >= 15 is 0 Å².